The van der Waals surface area contributed by atoms with Crippen molar-refractivity contribution in [3.63, 3.8) is 0 Å². The highest BCUT2D eigenvalue weighted by molar-refractivity contribution is 6.09. The zero-order chi connectivity index (χ0) is 51.0. The Labute approximate surface area is 436 Å². The number of anilines is 3. The largest absolute Gasteiger partial charge is 0.457 e. The predicted octanol–water partition coefficient (Wildman–Crippen LogP) is 17.5. The van der Waals surface area contributed by atoms with Crippen LogP contribution < -0.4 is 15.4 Å². The first kappa shape index (κ1) is 45.9. The highest BCUT2D eigenvalue weighted by Gasteiger charge is 2.73. The minimum absolute atomic E-state index is 0.0202. The normalized spacial score (nSPS) is 20.5. The van der Waals surface area contributed by atoms with E-state index in [0.717, 1.165) is 50.8 Å². The lowest BCUT2D eigenvalue weighted by Gasteiger charge is -2.71. The van der Waals surface area contributed by atoms with E-state index in [-0.39, 0.29) is 27.6 Å². The van der Waals surface area contributed by atoms with Crippen LogP contribution in [0.15, 0.2) is 206 Å². The van der Waals surface area contributed by atoms with Gasteiger partial charge in [0, 0.05) is 46.1 Å². The van der Waals surface area contributed by atoms with Gasteiger partial charge in [-0.05, 0) is 121 Å². The van der Waals surface area contributed by atoms with Gasteiger partial charge in [0.1, 0.15) is 22.9 Å². The van der Waals surface area contributed by atoms with Gasteiger partial charge in [-0.1, -0.05) is 196 Å². The number of rotatable bonds is 7. The third-order valence-corrected chi connectivity index (χ3v) is 17.3. The molecule has 5 nitrogen and oxygen atoms in total. The second-order valence-corrected chi connectivity index (χ2v) is 24.1. The van der Waals surface area contributed by atoms with E-state index in [1.54, 1.807) is 0 Å². The van der Waals surface area contributed by atoms with Crippen molar-refractivity contribution in [2.45, 2.75) is 90.0 Å². The molecule has 0 saturated carbocycles. The van der Waals surface area contributed by atoms with Crippen LogP contribution in [0.3, 0.4) is 0 Å². The van der Waals surface area contributed by atoms with Crippen molar-refractivity contribution in [3.8, 4) is 17.3 Å². The lowest BCUT2D eigenvalue weighted by molar-refractivity contribution is 0.100. The number of nitrogens with zero attached hydrogens (tertiary/aromatic N) is 2. The van der Waals surface area contributed by atoms with Gasteiger partial charge in [-0.15, -0.1) is 0 Å². The Balaban J connectivity index is 0.955. The molecule has 6 aliphatic carbocycles. The minimum atomic E-state index is -0.793. The van der Waals surface area contributed by atoms with Crippen molar-refractivity contribution in [1.82, 2.24) is 9.55 Å². The van der Waals surface area contributed by atoms with Gasteiger partial charge < -0.3 is 15.4 Å². The second kappa shape index (κ2) is 16.1. The van der Waals surface area contributed by atoms with E-state index in [1.807, 2.05) is 12.3 Å². The molecule has 0 fully saturated rings. The number of aromatic nitrogens is 2. The third kappa shape index (κ3) is 6.19. The van der Waals surface area contributed by atoms with E-state index < -0.39 is 11.0 Å². The highest BCUT2D eigenvalue weighted by atomic mass is 16.5. The summed E-state index contributed by atoms with van der Waals surface area (Å²) in [5, 5.41) is 10.8. The molecular weight excluding hydrogens is 901 g/mol. The second-order valence-electron chi connectivity index (χ2n) is 24.1. The lowest BCUT2D eigenvalue weighted by Crippen LogP contribution is -2.70. The predicted molar refractivity (Wildman–Crippen MR) is 306 cm³/mol. The zero-order valence-electron chi connectivity index (χ0n) is 44.0. The molecule has 4 bridgehead atoms. The van der Waals surface area contributed by atoms with Gasteiger partial charge >= 0.3 is 0 Å². The monoisotopic (exact) mass is 965 g/mol. The van der Waals surface area contributed by atoms with Gasteiger partial charge in [-0.25, -0.2) is 4.98 Å². The number of fused-ring (bicyclic) bond motifs is 3. The standard InChI is InChI=1S/C69H64N4O/c1-64(2,3)44-39-40-70-62(41-44)73-60-36-21-12-25-48(60)49-38-37-47(43-61(49)73)74-46-24-22-23-45(42-46)71-58-34-19-20-35-59(58)72-69-52-28-13-10-26-50(52)63(51-27-11-14-29-53(51)69)67(65(4,5)6)54-30-15-17-32-56(54)68(69,66(7,8)9)57-33-18-16-31-55(57)67/h10-43,63,71-72H,1-9H3. The zero-order valence-corrected chi connectivity index (χ0v) is 44.0. The Morgan fingerprint density at radius 1 is 0.473 bits per heavy atom. The molecule has 0 unspecified atom stereocenters. The molecule has 74 heavy (non-hydrogen) atoms. The van der Waals surface area contributed by atoms with Crippen LogP contribution in [0.25, 0.3) is 27.6 Å². The summed E-state index contributed by atoms with van der Waals surface area (Å²) in [4.78, 5) is 4.91. The summed E-state index contributed by atoms with van der Waals surface area (Å²) in [6.45, 7) is 21.6. The van der Waals surface area contributed by atoms with Crippen LogP contribution in [0.2, 0.25) is 0 Å². The lowest BCUT2D eigenvalue weighted by atomic mass is 9.33. The molecule has 2 aromatic heterocycles. The van der Waals surface area contributed by atoms with Gasteiger partial charge in [0.25, 0.3) is 0 Å². The van der Waals surface area contributed by atoms with Crippen LogP contribution in [-0.4, -0.2) is 9.55 Å². The molecule has 16 rings (SSSR count). The molecule has 5 heteroatoms. The van der Waals surface area contributed by atoms with Crippen LogP contribution >= 0.6 is 0 Å². The SMILES string of the molecule is CC(C)(C)c1ccnc(-n2c3ccccc3c3ccc(Oc4cccc(Nc5ccccc5NC56c7ccccc7C(c7ccccc75)C5(C(C)(C)C)c7ccccc7C6(C(C)(C)C)c6ccccc65)c4)cc32)c1. The van der Waals surface area contributed by atoms with Crippen LogP contribution in [0.1, 0.15) is 118 Å². The Hall–Kier alpha value is -7.89. The molecule has 0 radical (unpaired) electrons. The molecule has 2 N–H and O–H groups in total. The summed E-state index contributed by atoms with van der Waals surface area (Å²) in [6.07, 6.45) is 1.93. The van der Waals surface area contributed by atoms with Crippen LogP contribution in [0.4, 0.5) is 17.1 Å². The molecule has 8 aromatic carbocycles. The number of hydrogen-bond donors (Lipinski definition) is 2. The summed E-state index contributed by atoms with van der Waals surface area (Å²) in [7, 11) is 0. The van der Waals surface area contributed by atoms with Gasteiger partial charge in [-0.3, -0.25) is 4.57 Å². The molecular formula is C69H64N4O. The summed E-state index contributed by atoms with van der Waals surface area (Å²) < 4.78 is 9.08. The van der Waals surface area contributed by atoms with Crippen molar-refractivity contribution in [2.75, 3.05) is 10.6 Å². The van der Waals surface area contributed by atoms with E-state index >= 15 is 0 Å². The average Bonchev–Trinajstić information content (AvgIpc) is 3.86. The van der Waals surface area contributed by atoms with Crippen LogP contribution in [0, 0.1) is 10.8 Å². The topological polar surface area (TPSA) is 51.1 Å². The van der Waals surface area contributed by atoms with Gasteiger partial charge in [0.2, 0.25) is 0 Å². The van der Waals surface area contributed by atoms with Crippen molar-refractivity contribution in [3.05, 3.63) is 256 Å². The van der Waals surface area contributed by atoms with Gasteiger partial charge in [-0.2, -0.15) is 0 Å². The van der Waals surface area contributed by atoms with Gasteiger partial charge in [0.05, 0.1) is 27.8 Å². The molecule has 0 amide bonds. The van der Waals surface area contributed by atoms with E-state index in [4.69, 9.17) is 9.72 Å². The molecule has 366 valence electrons. The summed E-state index contributed by atoms with van der Waals surface area (Å²) in [5.74, 6) is 2.42. The smallest absolute Gasteiger partial charge is 0.137 e. The fraction of sp³-hybridized carbons (Fsp3) is 0.232. The van der Waals surface area contributed by atoms with Crippen LogP contribution in [0.5, 0.6) is 11.5 Å². The van der Waals surface area contributed by atoms with Crippen molar-refractivity contribution in [2.24, 2.45) is 10.8 Å². The maximum Gasteiger partial charge on any atom is 0.137 e. The molecule has 0 spiro atoms. The molecule has 0 atom stereocenters. The number of ether oxygens (including phenoxy) is 1. The maximum absolute atomic E-state index is 6.82. The van der Waals surface area contributed by atoms with Gasteiger partial charge in [0.15, 0.2) is 0 Å². The Morgan fingerprint density at radius 3 is 1.66 bits per heavy atom. The maximum atomic E-state index is 6.82. The molecule has 0 saturated heterocycles. The van der Waals surface area contributed by atoms with Crippen molar-refractivity contribution in [1.29, 1.82) is 0 Å². The quantitative estimate of drug-likeness (QED) is 0.167. The molecule has 6 aliphatic rings. The molecule has 0 aliphatic heterocycles. The summed E-state index contributed by atoms with van der Waals surface area (Å²) in [6, 6.07) is 74.2. The first-order chi connectivity index (χ1) is 35.6. The summed E-state index contributed by atoms with van der Waals surface area (Å²) >= 11 is 0. The first-order valence-corrected chi connectivity index (χ1v) is 26.4. The van der Waals surface area contributed by atoms with E-state index in [9.17, 15) is 0 Å². The average molecular weight is 965 g/mol. The van der Waals surface area contributed by atoms with Crippen molar-refractivity contribution < 1.29 is 4.74 Å². The third-order valence-electron chi connectivity index (χ3n) is 17.3. The number of pyridine rings is 1. The number of benzene rings is 8. The number of nitrogens with one attached hydrogen (secondary N) is 2. The number of para-hydroxylation sites is 3. The Kier molecular flexibility index (Phi) is 9.97. The Bertz CT molecular complexity index is 3780. The fourth-order valence-electron chi connectivity index (χ4n) is 14.6. The van der Waals surface area contributed by atoms with Crippen molar-refractivity contribution >= 4 is 38.9 Å². The number of hydrogen-bond acceptors (Lipinski definition) is 4. The Morgan fingerprint density at radius 2 is 1.03 bits per heavy atom. The molecule has 10 aromatic rings. The van der Waals surface area contributed by atoms with E-state index in [2.05, 4.69) is 272 Å². The van der Waals surface area contributed by atoms with Crippen LogP contribution in [-0.2, 0) is 21.8 Å². The highest BCUT2D eigenvalue weighted by Crippen LogP contribution is 2.76. The first-order valence-electron chi connectivity index (χ1n) is 26.4. The fourth-order valence-corrected chi connectivity index (χ4v) is 14.6. The van der Waals surface area contributed by atoms with E-state index in [1.165, 1.54) is 55.5 Å². The summed E-state index contributed by atoms with van der Waals surface area (Å²) in [5.41, 5.74) is 15.0. The van der Waals surface area contributed by atoms with E-state index in [0.29, 0.717) is 0 Å². The minimum Gasteiger partial charge on any atom is -0.457 e. The molecule has 2 heterocycles.